The van der Waals surface area contributed by atoms with E-state index in [9.17, 15) is 8.42 Å². The Morgan fingerprint density at radius 2 is 2.05 bits per heavy atom. The van der Waals surface area contributed by atoms with E-state index in [1.807, 2.05) is 6.07 Å². The first kappa shape index (κ1) is 17.4. The fourth-order valence-electron chi connectivity index (χ4n) is 2.37. The van der Waals surface area contributed by atoms with Crippen LogP contribution in [0.5, 0.6) is 0 Å². The molecule has 5 nitrogen and oxygen atoms in total. The molecule has 2 N–H and O–H groups in total. The van der Waals surface area contributed by atoms with E-state index in [2.05, 4.69) is 15.6 Å². The van der Waals surface area contributed by atoms with Crippen LogP contribution in [0.1, 0.15) is 12.0 Å². The van der Waals surface area contributed by atoms with Crippen molar-refractivity contribution in [3.63, 3.8) is 0 Å². The molecule has 0 saturated carbocycles. The number of hydrogen-bond donors (Lipinski definition) is 2. The Kier molecular flexibility index (Phi) is 5.94. The first-order valence-corrected chi connectivity index (χ1v) is 9.59. The minimum absolute atomic E-state index is 0.0832. The summed E-state index contributed by atoms with van der Waals surface area (Å²) in [6.45, 7) is 0.600. The molecule has 0 spiro atoms. The van der Waals surface area contributed by atoms with Crippen LogP contribution in [0.3, 0.4) is 0 Å². The van der Waals surface area contributed by atoms with E-state index >= 15 is 0 Å². The third-order valence-electron chi connectivity index (χ3n) is 3.53. The summed E-state index contributed by atoms with van der Waals surface area (Å²) < 4.78 is 22.9. The third kappa shape index (κ3) is 4.76. The maximum absolute atomic E-state index is 11.5. The molecule has 1 aliphatic heterocycles. The van der Waals surface area contributed by atoms with Gasteiger partial charge in [-0.15, -0.1) is 0 Å². The lowest BCUT2D eigenvalue weighted by Gasteiger charge is -2.16. The average molecular weight is 364 g/mol. The molecule has 1 unspecified atom stereocenters. The number of hydrogen-bond acceptors (Lipinski definition) is 3. The molecule has 0 radical (unpaired) electrons. The van der Waals surface area contributed by atoms with Crippen molar-refractivity contribution in [1.82, 2.24) is 10.6 Å². The number of rotatable bonds is 4. The van der Waals surface area contributed by atoms with Gasteiger partial charge in [0, 0.05) is 29.7 Å². The summed E-state index contributed by atoms with van der Waals surface area (Å²) in [6.07, 6.45) is 1.27. The molecular weight excluding hydrogens is 345 g/mol. The summed E-state index contributed by atoms with van der Waals surface area (Å²) in [7, 11) is -1.25. The van der Waals surface area contributed by atoms with E-state index in [0.717, 1.165) is 5.56 Å². The van der Waals surface area contributed by atoms with E-state index in [-0.39, 0.29) is 17.5 Å². The Labute approximate surface area is 141 Å². The van der Waals surface area contributed by atoms with Crippen molar-refractivity contribution >= 4 is 39.0 Å². The Balaban J connectivity index is 1.85. The molecule has 1 fully saturated rings. The lowest BCUT2D eigenvalue weighted by atomic mass is 10.1. The zero-order valence-electron chi connectivity index (χ0n) is 12.3. The van der Waals surface area contributed by atoms with Crippen molar-refractivity contribution in [2.24, 2.45) is 4.99 Å². The van der Waals surface area contributed by atoms with Crippen LogP contribution in [-0.4, -0.2) is 45.5 Å². The third-order valence-corrected chi connectivity index (χ3v) is 6.00. The van der Waals surface area contributed by atoms with E-state index in [1.165, 1.54) is 0 Å². The average Bonchev–Trinajstić information content (AvgIpc) is 2.80. The Hall–Kier alpha value is -0.980. The molecule has 0 aromatic heterocycles. The van der Waals surface area contributed by atoms with Gasteiger partial charge in [-0.2, -0.15) is 0 Å². The Morgan fingerprint density at radius 1 is 1.36 bits per heavy atom. The monoisotopic (exact) mass is 363 g/mol. The molecule has 1 aliphatic rings. The highest BCUT2D eigenvalue weighted by molar-refractivity contribution is 7.91. The van der Waals surface area contributed by atoms with E-state index in [0.29, 0.717) is 35.4 Å². The summed E-state index contributed by atoms with van der Waals surface area (Å²) in [5.74, 6) is 0.978. The number of nitrogens with one attached hydrogen (secondary N) is 2. The van der Waals surface area contributed by atoms with E-state index in [1.54, 1.807) is 19.2 Å². The summed E-state index contributed by atoms with van der Waals surface area (Å²) in [4.78, 5) is 4.11. The molecule has 8 heteroatoms. The van der Waals surface area contributed by atoms with Crippen molar-refractivity contribution in [1.29, 1.82) is 0 Å². The van der Waals surface area contributed by atoms with Crippen LogP contribution >= 0.6 is 23.2 Å². The van der Waals surface area contributed by atoms with Gasteiger partial charge in [0.05, 0.1) is 11.5 Å². The second kappa shape index (κ2) is 7.53. The van der Waals surface area contributed by atoms with Crippen LogP contribution in [0.2, 0.25) is 10.0 Å². The van der Waals surface area contributed by atoms with Crippen LogP contribution in [0.15, 0.2) is 23.2 Å². The Morgan fingerprint density at radius 3 is 2.59 bits per heavy atom. The molecular formula is C14H19Cl2N3O2S. The van der Waals surface area contributed by atoms with Gasteiger partial charge in [-0.05, 0) is 30.5 Å². The second-order valence-electron chi connectivity index (χ2n) is 5.19. The normalized spacial score (nSPS) is 20.9. The van der Waals surface area contributed by atoms with Crippen molar-refractivity contribution in [3.05, 3.63) is 33.8 Å². The Bertz CT molecular complexity index is 642. The molecule has 122 valence electrons. The summed E-state index contributed by atoms with van der Waals surface area (Å²) in [5, 5.41) is 7.56. The van der Waals surface area contributed by atoms with E-state index < -0.39 is 9.84 Å². The summed E-state index contributed by atoms with van der Waals surface area (Å²) in [6, 6.07) is 5.33. The molecule has 0 amide bonds. The lowest BCUT2D eigenvalue weighted by Crippen LogP contribution is -2.44. The van der Waals surface area contributed by atoms with Gasteiger partial charge in [0.2, 0.25) is 0 Å². The number of benzene rings is 1. The maximum atomic E-state index is 11.5. The predicted octanol–water partition coefficient (Wildman–Crippen LogP) is 1.89. The van der Waals surface area contributed by atoms with Gasteiger partial charge in [-0.1, -0.05) is 29.3 Å². The molecule has 0 aliphatic carbocycles. The van der Waals surface area contributed by atoms with Gasteiger partial charge >= 0.3 is 0 Å². The number of aliphatic imine (C=N–C) groups is 1. The van der Waals surface area contributed by atoms with Crippen LogP contribution in [0.4, 0.5) is 0 Å². The van der Waals surface area contributed by atoms with Gasteiger partial charge in [-0.3, -0.25) is 4.99 Å². The second-order valence-corrected chi connectivity index (χ2v) is 8.24. The van der Waals surface area contributed by atoms with Gasteiger partial charge in [0.15, 0.2) is 15.8 Å². The van der Waals surface area contributed by atoms with Crippen molar-refractivity contribution in [3.8, 4) is 0 Å². The largest absolute Gasteiger partial charge is 0.356 e. The number of halogens is 2. The highest BCUT2D eigenvalue weighted by Crippen LogP contribution is 2.24. The quantitative estimate of drug-likeness (QED) is 0.632. The minimum atomic E-state index is -2.90. The maximum Gasteiger partial charge on any atom is 0.191 e. The van der Waals surface area contributed by atoms with Crippen LogP contribution in [0.25, 0.3) is 0 Å². The van der Waals surface area contributed by atoms with Crippen molar-refractivity contribution in [2.75, 3.05) is 25.1 Å². The number of guanidine groups is 1. The first-order valence-electron chi connectivity index (χ1n) is 7.02. The fraction of sp³-hybridized carbons (Fsp3) is 0.500. The predicted molar refractivity (Wildman–Crippen MR) is 91.7 cm³/mol. The zero-order valence-corrected chi connectivity index (χ0v) is 14.6. The van der Waals surface area contributed by atoms with Crippen LogP contribution < -0.4 is 10.6 Å². The zero-order chi connectivity index (χ0) is 16.2. The molecule has 1 aromatic carbocycles. The molecule has 2 rings (SSSR count). The van der Waals surface area contributed by atoms with Gasteiger partial charge in [-0.25, -0.2) is 8.42 Å². The van der Waals surface area contributed by atoms with Crippen molar-refractivity contribution in [2.45, 2.75) is 18.9 Å². The highest BCUT2D eigenvalue weighted by Gasteiger charge is 2.28. The standard InChI is InChI=1S/C14H19Cl2N3O2S/c1-17-14(19-10-6-8-22(20,21)9-10)18-7-5-11-12(15)3-2-4-13(11)16/h2-4,10H,5-9H2,1H3,(H2,17,18,19). The minimum Gasteiger partial charge on any atom is -0.356 e. The van der Waals surface area contributed by atoms with Crippen LogP contribution in [-0.2, 0) is 16.3 Å². The van der Waals surface area contributed by atoms with Gasteiger partial charge in [0.1, 0.15) is 0 Å². The topological polar surface area (TPSA) is 70.6 Å². The fourth-order valence-corrected chi connectivity index (χ4v) is 4.63. The van der Waals surface area contributed by atoms with Gasteiger partial charge < -0.3 is 10.6 Å². The molecule has 1 heterocycles. The van der Waals surface area contributed by atoms with Gasteiger partial charge in [0.25, 0.3) is 0 Å². The smallest absolute Gasteiger partial charge is 0.191 e. The SMILES string of the molecule is CN=C(NCCc1c(Cl)cccc1Cl)NC1CCS(=O)(=O)C1. The molecule has 1 aromatic rings. The summed E-state index contributed by atoms with van der Waals surface area (Å²) >= 11 is 12.2. The first-order chi connectivity index (χ1) is 10.4. The number of sulfone groups is 1. The van der Waals surface area contributed by atoms with Crippen molar-refractivity contribution < 1.29 is 8.42 Å². The van der Waals surface area contributed by atoms with Crippen LogP contribution in [0, 0.1) is 0 Å². The molecule has 1 saturated heterocycles. The lowest BCUT2D eigenvalue weighted by molar-refractivity contribution is 0.599. The van der Waals surface area contributed by atoms with E-state index in [4.69, 9.17) is 23.2 Å². The number of nitrogens with zero attached hydrogens (tertiary/aromatic N) is 1. The summed E-state index contributed by atoms with van der Waals surface area (Å²) in [5.41, 5.74) is 0.886. The molecule has 22 heavy (non-hydrogen) atoms. The highest BCUT2D eigenvalue weighted by atomic mass is 35.5. The molecule has 0 bridgehead atoms. The molecule has 1 atom stereocenters.